The van der Waals surface area contributed by atoms with E-state index in [0.29, 0.717) is 27.6 Å². The van der Waals surface area contributed by atoms with Crippen molar-refractivity contribution in [2.24, 2.45) is 0 Å². The number of pyridine rings is 1. The zero-order chi connectivity index (χ0) is 17.3. The third kappa shape index (κ3) is 1.69. The summed E-state index contributed by atoms with van der Waals surface area (Å²) in [5, 5.41) is 3.93. The number of hydrogen-bond acceptors (Lipinski definition) is 4. The van der Waals surface area contributed by atoms with E-state index >= 15 is 0 Å². The largest absolute Gasteiger partial charge is 0.497 e. The van der Waals surface area contributed by atoms with Crippen LogP contribution in [0.2, 0.25) is 0 Å². The molecule has 4 aromatic rings. The molecule has 0 unspecified atom stereocenters. The Morgan fingerprint density at radius 1 is 1.08 bits per heavy atom. The lowest BCUT2D eigenvalue weighted by molar-refractivity contribution is 0.0880. The molecule has 0 bridgehead atoms. The molecule has 0 spiro atoms. The third-order valence-corrected chi connectivity index (χ3v) is 4.55. The summed E-state index contributed by atoms with van der Waals surface area (Å²) in [6.07, 6.45) is 1.09. The fourth-order valence-electron chi connectivity index (χ4n) is 3.52. The quantitative estimate of drug-likeness (QED) is 0.524. The molecule has 0 radical (unpaired) electrons. The summed E-state index contributed by atoms with van der Waals surface area (Å²) in [6.45, 7) is 0. The van der Waals surface area contributed by atoms with Crippen LogP contribution in [0, 0.1) is 5.82 Å². The number of imide groups is 1. The molecule has 0 saturated carbocycles. The summed E-state index contributed by atoms with van der Waals surface area (Å²) >= 11 is 0. The summed E-state index contributed by atoms with van der Waals surface area (Å²) in [6, 6.07) is 6.63. The second-order valence-electron chi connectivity index (χ2n) is 5.87. The Labute approximate surface area is 139 Å². The van der Waals surface area contributed by atoms with Gasteiger partial charge in [0.1, 0.15) is 11.6 Å². The van der Waals surface area contributed by atoms with Crippen LogP contribution in [-0.2, 0) is 0 Å². The molecular weight excluding hydrogens is 325 g/mol. The van der Waals surface area contributed by atoms with E-state index in [1.807, 2.05) is 6.07 Å². The Hall–Kier alpha value is -3.48. The second kappa shape index (κ2) is 4.54. The average Bonchev–Trinajstić information content (AvgIpc) is 3.11. The van der Waals surface area contributed by atoms with Gasteiger partial charge >= 0.3 is 0 Å². The van der Waals surface area contributed by atoms with Crippen molar-refractivity contribution in [1.82, 2.24) is 15.3 Å². The summed E-state index contributed by atoms with van der Waals surface area (Å²) in [7, 11) is 1.55. The number of halogens is 1. The van der Waals surface area contributed by atoms with E-state index < -0.39 is 17.6 Å². The highest BCUT2D eigenvalue weighted by Gasteiger charge is 2.33. The third-order valence-electron chi connectivity index (χ3n) is 4.55. The van der Waals surface area contributed by atoms with Gasteiger partial charge in [0, 0.05) is 21.7 Å². The second-order valence-corrected chi connectivity index (χ2v) is 5.87. The first-order valence-corrected chi connectivity index (χ1v) is 7.55. The van der Waals surface area contributed by atoms with Gasteiger partial charge in [0.05, 0.1) is 35.5 Å². The SMILES string of the molecule is COc1ccc2[nH]c3c4ncc(F)cc4c4c(c3c2c1)C(=O)NC4=O. The number of aromatic nitrogens is 2. The first kappa shape index (κ1) is 13.9. The molecule has 5 rings (SSSR count). The van der Waals surface area contributed by atoms with Gasteiger partial charge < -0.3 is 9.72 Å². The molecule has 25 heavy (non-hydrogen) atoms. The monoisotopic (exact) mass is 335 g/mol. The van der Waals surface area contributed by atoms with E-state index in [1.54, 1.807) is 19.2 Å². The molecule has 0 saturated heterocycles. The number of methoxy groups -OCH3 is 1. The van der Waals surface area contributed by atoms with E-state index in [4.69, 9.17) is 4.74 Å². The number of carbonyl (C=O) groups excluding carboxylic acids is 2. The van der Waals surface area contributed by atoms with Crippen LogP contribution < -0.4 is 10.1 Å². The van der Waals surface area contributed by atoms with Gasteiger partial charge in [-0.05, 0) is 24.3 Å². The fraction of sp³-hybridized carbons (Fsp3) is 0.0556. The summed E-state index contributed by atoms with van der Waals surface area (Å²) in [5.74, 6) is -0.991. The maximum atomic E-state index is 13.7. The molecule has 122 valence electrons. The highest BCUT2D eigenvalue weighted by molar-refractivity contribution is 6.36. The van der Waals surface area contributed by atoms with Crippen molar-refractivity contribution < 1.29 is 18.7 Å². The lowest BCUT2D eigenvalue weighted by atomic mass is 9.97. The van der Waals surface area contributed by atoms with Crippen molar-refractivity contribution in [1.29, 1.82) is 0 Å². The maximum Gasteiger partial charge on any atom is 0.259 e. The number of rotatable bonds is 1. The molecule has 0 atom stereocenters. The number of fused-ring (bicyclic) bond motifs is 8. The van der Waals surface area contributed by atoms with Crippen molar-refractivity contribution in [3.05, 3.63) is 47.4 Å². The number of carbonyl (C=O) groups is 2. The zero-order valence-corrected chi connectivity index (χ0v) is 12.9. The standard InChI is InChI=1S/C18H10FN3O3/c1-25-8-2-3-11-9(5-8)12-14-13(17(23)22-18(14)24)10-4-7(19)6-20-15(10)16(12)21-11/h2-6,21H,1H3,(H,22,23,24). The first-order chi connectivity index (χ1) is 12.1. The van der Waals surface area contributed by atoms with Crippen LogP contribution in [0.5, 0.6) is 5.75 Å². The van der Waals surface area contributed by atoms with E-state index in [2.05, 4.69) is 15.3 Å². The molecular formula is C18H10FN3O3. The highest BCUT2D eigenvalue weighted by atomic mass is 19.1. The predicted octanol–water partition coefficient (Wildman–Crippen LogP) is 2.90. The van der Waals surface area contributed by atoms with Crippen molar-refractivity contribution in [3.8, 4) is 5.75 Å². The van der Waals surface area contributed by atoms with Gasteiger partial charge in [-0.3, -0.25) is 19.9 Å². The molecule has 1 aliphatic rings. The van der Waals surface area contributed by atoms with Crippen LogP contribution in [0.4, 0.5) is 4.39 Å². The molecule has 2 N–H and O–H groups in total. The number of amides is 2. The molecule has 2 aromatic heterocycles. The predicted molar refractivity (Wildman–Crippen MR) is 89.4 cm³/mol. The molecule has 7 heteroatoms. The lowest BCUT2D eigenvalue weighted by Crippen LogP contribution is -2.20. The molecule has 2 amide bonds. The van der Waals surface area contributed by atoms with E-state index in [1.165, 1.54) is 6.07 Å². The Kier molecular flexibility index (Phi) is 2.52. The van der Waals surface area contributed by atoms with Crippen molar-refractivity contribution in [3.63, 3.8) is 0 Å². The number of aromatic amines is 1. The van der Waals surface area contributed by atoms with E-state index in [9.17, 15) is 14.0 Å². The minimum absolute atomic E-state index is 0.156. The number of benzene rings is 2. The Morgan fingerprint density at radius 2 is 1.88 bits per heavy atom. The average molecular weight is 335 g/mol. The maximum absolute atomic E-state index is 13.7. The normalized spacial score (nSPS) is 13.7. The van der Waals surface area contributed by atoms with Crippen LogP contribution in [0.1, 0.15) is 20.7 Å². The minimum Gasteiger partial charge on any atom is -0.497 e. The van der Waals surface area contributed by atoms with Gasteiger partial charge in [-0.25, -0.2) is 4.39 Å². The lowest BCUT2D eigenvalue weighted by Gasteiger charge is -2.05. The molecule has 0 aliphatic carbocycles. The van der Waals surface area contributed by atoms with Gasteiger partial charge in [0.2, 0.25) is 0 Å². The van der Waals surface area contributed by atoms with E-state index in [-0.39, 0.29) is 11.1 Å². The smallest absolute Gasteiger partial charge is 0.259 e. The number of H-pyrrole nitrogens is 1. The van der Waals surface area contributed by atoms with Gasteiger partial charge in [-0.15, -0.1) is 0 Å². The Balaban J connectivity index is 2.11. The number of nitrogens with zero attached hydrogens (tertiary/aromatic N) is 1. The summed E-state index contributed by atoms with van der Waals surface area (Å²) in [5.41, 5.74) is 2.18. The van der Waals surface area contributed by atoms with Crippen LogP contribution >= 0.6 is 0 Å². The molecule has 0 fully saturated rings. The van der Waals surface area contributed by atoms with Crippen LogP contribution in [0.15, 0.2) is 30.5 Å². The van der Waals surface area contributed by atoms with Crippen molar-refractivity contribution >= 4 is 44.5 Å². The van der Waals surface area contributed by atoms with Gasteiger partial charge in [-0.2, -0.15) is 0 Å². The van der Waals surface area contributed by atoms with Crippen LogP contribution in [0.3, 0.4) is 0 Å². The van der Waals surface area contributed by atoms with Crippen LogP contribution in [-0.4, -0.2) is 28.9 Å². The summed E-state index contributed by atoms with van der Waals surface area (Å²) in [4.78, 5) is 32.1. The minimum atomic E-state index is -0.570. The van der Waals surface area contributed by atoms with Gasteiger partial charge in [0.25, 0.3) is 11.8 Å². The molecule has 6 nitrogen and oxygen atoms in total. The molecule has 1 aliphatic heterocycles. The van der Waals surface area contributed by atoms with Gasteiger partial charge in [-0.1, -0.05) is 0 Å². The van der Waals surface area contributed by atoms with E-state index in [0.717, 1.165) is 17.1 Å². The number of ether oxygens (including phenoxy) is 1. The van der Waals surface area contributed by atoms with Crippen molar-refractivity contribution in [2.45, 2.75) is 0 Å². The number of hydrogen-bond donors (Lipinski definition) is 2. The van der Waals surface area contributed by atoms with Crippen LogP contribution in [0.25, 0.3) is 32.7 Å². The highest BCUT2D eigenvalue weighted by Crippen LogP contribution is 2.39. The summed E-state index contributed by atoms with van der Waals surface area (Å²) < 4.78 is 19.0. The molecule has 3 heterocycles. The Bertz CT molecular complexity index is 1260. The van der Waals surface area contributed by atoms with Gasteiger partial charge in [0.15, 0.2) is 0 Å². The molecule has 2 aromatic carbocycles. The number of nitrogens with one attached hydrogen (secondary N) is 2. The first-order valence-electron chi connectivity index (χ1n) is 7.55. The fourth-order valence-corrected chi connectivity index (χ4v) is 3.52. The van der Waals surface area contributed by atoms with Crippen molar-refractivity contribution in [2.75, 3.05) is 7.11 Å². The Morgan fingerprint density at radius 3 is 2.68 bits per heavy atom. The zero-order valence-electron chi connectivity index (χ0n) is 12.9. The topological polar surface area (TPSA) is 84.1 Å².